The monoisotopic (exact) mass is 296 g/mol. The number of phenolic OH excluding ortho intramolecular Hbond substituents is 3. The van der Waals surface area contributed by atoms with E-state index in [-0.39, 0.29) is 5.56 Å². The Morgan fingerprint density at radius 2 is 1.62 bits per heavy atom. The molecule has 0 spiro atoms. The summed E-state index contributed by atoms with van der Waals surface area (Å²) < 4.78 is 5.06. The second-order valence-electron chi connectivity index (χ2n) is 5.60. The molecule has 0 bridgehead atoms. The summed E-state index contributed by atoms with van der Waals surface area (Å²) in [6.07, 6.45) is 5.32. The third-order valence-electron chi connectivity index (χ3n) is 3.21. The number of hydrogen-bond acceptors (Lipinski definition) is 5. The molecule has 0 aliphatic carbocycles. The zero-order valence-electron chi connectivity index (χ0n) is 12.6. The first-order valence-corrected chi connectivity index (χ1v) is 7.34. The van der Waals surface area contributed by atoms with Gasteiger partial charge in [0.25, 0.3) is 0 Å². The van der Waals surface area contributed by atoms with E-state index in [4.69, 9.17) is 4.74 Å². The van der Waals surface area contributed by atoms with E-state index >= 15 is 0 Å². The summed E-state index contributed by atoms with van der Waals surface area (Å²) in [5, 5.41) is 27.8. The molecule has 0 heterocycles. The van der Waals surface area contributed by atoms with Gasteiger partial charge in [-0.2, -0.15) is 0 Å². The van der Waals surface area contributed by atoms with Crippen molar-refractivity contribution in [3.8, 4) is 17.2 Å². The van der Waals surface area contributed by atoms with Crippen molar-refractivity contribution in [2.45, 2.75) is 46.0 Å². The minimum Gasteiger partial charge on any atom is -0.504 e. The van der Waals surface area contributed by atoms with Crippen LogP contribution in [0, 0.1) is 5.92 Å². The fourth-order valence-corrected chi connectivity index (χ4v) is 1.98. The smallest absolute Gasteiger partial charge is 0.338 e. The second kappa shape index (κ2) is 8.39. The van der Waals surface area contributed by atoms with Crippen LogP contribution in [0.3, 0.4) is 0 Å². The molecule has 0 radical (unpaired) electrons. The summed E-state index contributed by atoms with van der Waals surface area (Å²) in [7, 11) is 0. The summed E-state index contributed by atoms with van der Waals surface area (Å²) >= 11 is 0. The molecule has 0 fully saturated rings. The van der Waals surface area contributed by atoms with Gasteiger partial charge in [0.05, 0.1) is 12.2 Å². The summed E-state index contributed by atoms with van der Waals surface area (Å²) in [6, 6.07) is 2.14. The Labute approximate surface area is 125 Å². The van der Waals surface area contributed by atoms with E-state index in [0.717, 1.165) is 37.3 Å². The van der Waals surface area contributed by atoms with E-state index in [2.05, 4.69) is 13.8 Å². The Balaban J connectivity index is 2.28. The highest BCUT2D eigenvalue weighted by atomic mass is 16.5. The molecule has 0 aliphatic heterocycles. The molecule has 3 N–H and O–H groups in total. The van der Waals surface area contributed by atoms with Crippen molar-refractivity contribution in [2.24, 2.45) is 5.92 Å². The van der Waals surface area contributed by atoms with Crippen molar-refractivity contribution in [1.29, 1.82) is 0 Å². The van der Waals surface area contributed by atoms with Crippen LogP contribution in [0.5, 0.6) is 17.2 Å². The molecule has 1 aromatic rings. The largest absolute Gasteiger partial charge is 0.504 e. The maximum atomic E-state index is 11.7. The molecule has 1 rings (SSSR count). The van der Waals surface area contributed by atoms with Crippen LogP contribution < -0.4 is 0 Å². The van der Waals surface area contributed by atoms with E-state index in [1.54, 1.807) is 0 Å². The lowest BCUT2D eigenvalue weighted by Gasteiger charge is -2.07. The standard InChI is InChI=1S/C16H24O5/c1-11(2)7-5-3-4-6-8-21-16(20)12-9-13(17)15(19)14(18)10-12/h9-11,17-19H,3-8H2,1-2H3. The van der Waals surface area contributed by atoms with E-state index in [9.17, 15) is 20.1 Å². The summed E-state index contributed by atoms with van der Waals surface area (Å²) in [6.45, 7) is 4.71. The Kier molecular flexibility index (Phi) is 6.85. The number of esters is 1. The van der Waals surface area contributed by atoms with Gasteiger partial charge in [-0.3, -0.25) is 0 Å². The van der Waals surface area contributed by atoms with Crippen LogP contribution in [0.1, 0.15) is 56.3 Å². The normalized spacial score (nSPS) is 10.8. The van der Waals surface area contributed by atoms with Crippen LogP contribution in [0.15, 0.2) is 12.1 Å². The number of aromatic hydroxyl groups is 3. The Bertz CT molecular complexity index is 445. The highest BCUT2D eigenvalue weighted by molar-refractivity contribution is 5.91. The van der Waals surface area contributed by atoms with Gasteiger partial charge < -0.3 is 20.1 Å². The van der Waals surface area contributed by atoms with Gasteiger partial charge in [-0.15, -0.1) is 0 Å². The van der Waals surface area contributed by atoms with Crippen molar-refractivity contribution in [1.82, 2.24) is 0 Å². The Hall–Kier alpha value is -1.91. The van der Waals surface area contributed by atoms with E-state index in [0.29, 0.717) is 6.61 Å². The quantitative estimate of drug-likeness (QED) is 0.388. The van der Waals surface area contributed by atoms with Crippen molar-refractivity contribution in [3.05, 3.63) is 17.7 Å². The number of ether oxygens (including phenoxy) is 1. The third-order valence-corrected chi connectivity index (χ3v) is 3.21. The van der Waals surface area contributed by atoms with Crippen molar-refractivity contribution >= 4 is 5.97 Å². The minimum absolute atomic E-state index is 0.0163. The van der Waals surface area contributed by atoms with Gasteiger partial charge >= 0.3 is 5.97 Å². The molecular formula is C16H24O5. The first kappa shape index (κ1) is 17.1. The predicted octanol–water partition coefficient (Wildman–Crippen LogP) is 3.57. The number of unbranched alkanes of at least 4 members (excludes halogenated alkanes) is 3. The molecule has 0 saturated carbocycles. The average molecular weight is 296 g/mol. The van der Waals surface area contributed by atoms with Crippen molar-refractivity contribution in [3.63, 3.8) is 0 Å². The lowest BCUT2D eigenvalue weighted by Crippen LogP contribution is -2.06. The summed E-state index contributed by atoms with van der Waals surface area (Å²) in [5.74, 6) is -1.64. The number of carbonyl (C=O) groups excluding carboxylic acids is 1. The molecule has 21 heavy (non-hydrogen) atoms. The fraction of sp³-hybridized carbons (Fsp3) is 0.562. The molecule has 0 aliphatic rings. The van der Waals surface area contributed by atoms with E-state index in [1.807, 2.05) is 0 Å². The van der Waals surface area contributed by atoms with E-state index < -0.39 is 23.2 Å². The van der Waals surface area contributed by atoms with Gasteiger partial charge in [0.2, 0.25) is 0 Å². The van der Waals surface area contributed by atoms with Gasteiger partial charge in [0, 0.05) is 0 Å². The van der Waals surface area contributed by atoms with Crippen LogP contribution in [-0.4, -0.2) is 27.9 Å². The topological polar surface area (TPSA) is 87.0 Å². The maximum absolute atomic E-state index is 11.7. The number of phenols is 3. The fourth-order valence-electron chi connectivity index (χ4n) is 1.98. The number of hydrogen-bond donors (Lipinski definition) is 3. The Morgan fingerprint density at radius 3 is 2.19 bits per heavy atom. The van der Waals surface area contributed by atoms with Gasteiger partial charge in [-0.05, 0) is 24.5 Å². The number of carbonyl (C=O) groups is 1. The zero-order chi connectivity index (χ0) is 15.8. The van der Waals surface area contributed by atoms with Crippen LogP contribution in [-0.2, 0) is 4.74 Å². The average Bonchev–Trinajstić information content (AvgIpc) is 2.42. The van der Waals surface area contributed by atoms with Crippen molar-refractivity contribution < 1.29 is 24.9 Å². The number of rotatable bonds is 8. The molecule has 1 aromatic carbocycles. The van der Waals surface area contributed by atoms with Crippen LogP contribution in [0.2, 0.25) is 0 Å². The van der Waals surface area contributed by atoms with Crippen LogP contribution in [0.25, 0.3) is 0 Å². The molecule has 0 aromatic heterocycles. The second-order valence-corrected chi connectivity index (χ2v) is 5.60. The first-order chi connectivity index (χ1) is 9.91. The third kappa shape index (κ3) is 5.94. The lowest BCUT2D eigenvalue weighted by molar-refractivity contribution is 0.0496. The molecule has 5 heteroatoms. The highest BCUT2D eigenvalue weighted by Gasteiger charge is 2.14. The Morgan fingerprint density at radius 1 is 1.05 bits per heavy atom. The molecule has 5 nitrogen and oxygen atoms in total. The van der Waals surface area contributed by atoms with Gasteiger partial charge in [-0.25, -0.2) is 4.79 Å². The zero-order valence-corrected chi connectivity index (χ0v) is 12.6. The molecule has 0 saturated heterocycles. The van der Waals surface area contributed by atoms with Crippen LogP contribution in [0.4, 0.5) is 0 Å². The van der Waals surface area contributed by atoms with Gasteiger partial charge in [-0.1, -0.05) is 39.5 Å². The predicted molar refractivity (Wildman–Crippen MR) is 79.6 cm³/mol. The maximum Gasteiger partial charge on any atom is 0.338 e. The lowest BCUT2D eigenvalue weighted by atomic mass is 10.0. The first-order valence-electron chi connectivity index (χ1n) is 7.34. The highest BCUT2D eigenvalue weighted by Crippen LogP contribution is 2.35. The molecule has 0 amide bonds. The van der Waals surface area contributed by atoms with Crippen molar-refractivity contribution in [2.75, 3.05) is 6.61 Å². The molecular weight excluding hydrogens is 272 g/mol. The number of benzene rings is 1. The molecule has 0 atom stereocenters. The summed E-state index contributed by atoms with van der Waals surface area (Å²) in [4.78, 5) is 11.7. The van der Waals surface area contributed by atoms with Gasteiger partial charge in [0.15, 0.2) is 17.2 Å². The molecule has 0 unspecified atom stereocenters. The van der Waals surface area contributed by atoms with Gasteiger partial charge in [0.1, 0.15) is 0 Å². The SMILES string of the molecule is CC(C)CCCCCCOC(=O)c1cc(O)c(O)c(O)c1. The minimum atomic E-state index is -0.642. The summed E-state index contributed by atoms with van der Waals surface area (Å²) in [5.41, 5.74) is 0.0163. The van der Waals surface area contributed by atoms with E-state index in [1.165, 1.54) is 12.8 Å². The molecule has 118 valence electrons. The van der Waals surface area contributed by atoms with Crippen LogP contribution >= 0.6 is 0 Å².